The predicted octanol–water partition coefficient (Wildman–Crippen LogP) is 1.08. The Bertz CT molecular complexity index is 689. The van der Waals surface area contributed by atoms with Crippen LogP contribution >= 0.6 is 0 Å². The zero-order chi connectivity index (χ0) is 14.7. The molecule has 7 heteroatoms. The van der Waals surface area contributed by atoms with E-state index in [2.05, 4.69) is 20.9 Å². The highest BCUT2D eigenvalue weighted by Gasteiger charge is 2.18. The smallest absolute Gasteiger partial charge is 0.271 e. The number of nitrogens with zero attached hydrogens (tertiary/aromatic N) is 3. The molecule has 0 saturated carbocycles. The van der Waals surface area contributed by atoms with Crippen LogP contribution in [0.2, 0.25) is 0 Å². The molecule has 0 fully saturated rings. The predicted molar refractivity (Wildman–Crippen MR) is 77.0 cm³/mol. The minimum absolute atomic E-state index is 0.171. The van der Waals surface area contributed by atoms with E-state index in [4.69, 9.17) is 0 Å². The van der Waals surface area contributed by atoms with Crippen LogP contribution in [0, 0.1) is 0 Å². The SMILES string of the molecule is O=C1CCC(C(=O)Nc2ccc(-n3cccn3)cc2)=NN1. The van der Waals surface area contributed by atoms with Gasteiger partial charge in [0.15, 0.2) is 0 Å². The highest BCUT2D eigenvalue weighted by atomic mass is 16.2. The maximum atomic E-state index is 12.0. The van der Waals surface area contributed by atoms with E-state index in [1.807, 2.05) is 24.4 Å². The van der Waals surface area contributed by atoms with E-state index >= 15 is 0 Å². The molecule has 0 atom stereocenters. The van der Waals surface area contributed by atoms with Crippen molar-refractivity contribution in [1.82, 2.24) is 15.2 Å². The Morgan fingerprint density at radius 1 is 1.24 bits per heavy atom. The first-order valence-electron chi connectivity index (χ1n) is 6.49. The van der Waals surface area contributed by atoms with Gasteiger partial charge in [0, 0.05) is 30.9 Å². The molecule has 1 aromatic heterocycles. The average Bonchev–Trinajstić information content (AvgIpc) is 3.03. The highest BCUT2D eigenvalue weighted by Crippen LogP contribution is 2.13. The van der Waals surface area contributed by atoms with Gasteiger partial charge in [-0.25, -0.2) is 10.1 Å². The first-order valence-corrected chi connectivity index (χ1v) is 6.49. The van der Waals surface area contributed by atoms with Crippen LogP contribution in [0.25, 0.3) is 5.69 Å². The van der Waals surface area contributed by atoms with Gasteiger partial charge in [0.05, 0.1) is 5.69 Å². The molecule has 0 bridgehead atoms. The molecule has 0 unspecified atom stereocenters. The monoisotopic (exact) mass is 283 g/mol. The van der Waals surface area contributed by atoms with Crippen LogP contribution < -0.4 is 10.7 Å². The Kier molecular flexibility index (Phi) is 3.46. The molecule has 2 heterocycles. The second-order valence-electron chi connectivity index (χ2n) is 4.55. The molecule has 7 nitrogen and oxygen atoms in total. The third-order valence-corrected chi connectivity index (χ3v) is 3.06. The van der Waals surface area contributed by atoms with Crippen LogP contribution in [-0.2, 0) is 9.59 Å². The van der Waals surface area contributed by atoms with E-state index in [1.165, 1.54) is 0 Å². The third kappa shape index (κ3) is 2.97. The molecule has 1 aliphatic heterocycles. The lowest BCUT2D eigenvalue weighted by Crippen LogP contribution is -2.32. The van der Waals surface area contributed by atoms with E-state index in [0.717, 1.165) is 5.69 Å². The minimum atomic E-state index is -0.304. The van der Waals surface area contributed by atoms with Crippen molar-refractivity contribution in [2.45, 2.75) is 12.8 Å². The average molecular weight is 283 g/mol. The minimum Gasteiger partial charge on any atom is -0.321 e. The number of hydrazone groups is 1. The number of amides is 2. The van der Waals surface area contributed by atoms with Gasteiger partial charge in [0.25, 0.3) is 5.91 Å². The summed E-state index contributed by atoms with van der Waals surface area (Å²) < 4.78 is 1.73. The molecule has 0 spiro atoms. The van der Waals surface area contributed by atoms with Gasteiger partial charge in [-0.3, -0.25) is 9.59 Å². The van der Waals surface area contributed by atoms with Crippen molar-refractivity contribution in [3.8, 4) is 5.69 Å². The molecule has 2 amide bonds. The van der Waals surface area contributed by atoms with Gasteiger partial charge < -0.3 is 5.32 Å². The van der Waals surface area contributed by atoms with E-state index < -0.39 is 0 Å². The number of carbonyl (C=O) groups is 2. The fraction of sp³-hybridized carbons (Fsp3) is 0.143. The van der Waals surface area contributed by atoms with E-state index in [1.54, 1.807) is 23.0 Å². The zero-order valence-electron chi connectivity index (χ0n) is 11.1. The fourth-order valence-electron chi connectivity index (χ4n) is 1.96. The summed E-state index contributed by atoms with van der Waals surface area (Å²) in [5.41, 5.74) is 4.19. The number of nitrogens with one attached hydrogen (secondary N) is 2. The lowest BCUT2D eigenvalue weighted by Gasteiger charge is -2.12. The Morgan fingerprint density at radius 3 is 2.67 bits per heavy atom. The van der Waals surface area contributed by atoms with Gasteiger partial charge in [0.2, 0.25) is 5.91 Å². The summed E-state index contributed by atoms with van der Waals surface area (Å²) in [5.74, 6) is -0.475. The normalized spacial score (nSPS) is 14.3. The van der Waals surface area contributed by atoms with Crippen LogP contribution in [0.15, 0.2) is 47.8 Å². The molecule has 0 radical (unpaired) electrons. The molecule has 1 aromatic carbocycles. The van der Waals surface area contributed by atoms with Crippen molar-refractivity contribution in [3.05, 3.63) is 42.7 Å². The molecule has 106 valence electrons. The van der Waals surface area contributed by atoms with Crippen LogP contribution in [0.5, 0.6) is 0 Å². The number of carbonyl (C=O) groups excluding carboxylic acids is 2. The largest absolute Gasteiger partial charge is 0.321 e. The summed E-state index contributed by atoms with van der Waals surface area (Å²) >= 11 is 0. The summed E-state index contributed by atoms with van der Waals surface area (Å²) in [6.07, 6.45) is 4.17. The standard InChI is InChI=1S/C14H13N5O2/c20-13-7-6-12(17-18-13)14(21)16-10-2-4-11(5-3-10)19-9-1-8-15-19/h1-5,8-9H,6-7H2,(H,16,21)(H,18,20). The van der Waals surface area contributed by atoms with E-state index in [9.17, 15) is 9.59 Å². The Morgan fingerprint density at radius 2 is 2.05 bits per heavy atom. The summed E-state index contributed by atoms with van der Waals surface area (Å²) in [6, 6.07) is 9.12. The van der Waals surface area contributed by atoms with Crippen LogP contribution in [0.4, 0.5) is 5.69 Å². The maximum Gasteiger partial charge on any atom is 0.271 e. The second kappa shape index (κ2) is 5.58. The molecule has 21 heavy (non-hydrogen) atoms. The van der Waals surface area contributed by atoms with Crippen molar-refractivity contribution in [3.63, 3.8) is 0 Å². The first kappa shape index (κ1) is 13.0. The van der Waals surface area contributed by atoms with Crippen molar-refractivity contribution >= 4 is 23.2 Å². The lowest BCUT2D eigenvalue weighted by atomic mass is 10.1. The molecule has 3 rings (SSSR count). The summed E-state index contributed by atoms with van der Waals surface area (Å²) in [6.45, 7) is 0. The summed E-state index contributed by atoms with van der Waals surface area (Å²) in [7, 11) is 0. The van der Waals surface area contributed by atoms with Gasteiger partial charge in [-0.05, 0) is 30.3 Å². The molecular weight excluding hydrogens is 270 g/mol. The first-order chi connectivity index (χ1) is 10.2. The van der Waals surface area contributed by atoms with Crippen LogP contribution in [-0.4, -0.2) is 27.3 Å². The quantitative estimate of drug-likeness (QED) is 0.883. The van der Waals surface area contributed by atoms with Crippen molar-refractivity contribution in [2.75, 3.05) is 5.32 Å². The topological polar surface area (TPSA) is 88.4 Å². The lowest BCUT2D eigenvalue weighted by molar-refractivity contribution is -0.121. The van der Waals surface area contributed by atoms with Gasteiger partial charge in [-0.2, -0.15) is 10.2 Å². The van der Waals surface area contributed by atoms with Crippen molar-refractivity contribution in [2.24, 2.45) is 5.10 Å². The number of hydrogen-bond acceptors (Lipinski definition) is 4. The van der Waals surface area contributed by atoms with Crippen molar-refractivity contribution in [1.29, 1.82) is 0 Å². The van der Waals surface area contributed by atoms with Gasteiger partial charge in [-0.1, -0.05) is 0 Å². The maximum absolute atomic E-state index is 12.0. The molecular formula is C14H13N5O2. The number of hydrogen-bond donors (Lipinski definition) is 2. The van der Waals surface area contributed by atoms with Crippen molar-refractivity contribution < 1.29 is 9.59 Å². The van der Waals surface area contributed by atoms with E-state index in [-0.39, 0.29) is 18.2 Å². The molecule has 1 aliphatic rings. The number of rotatable bonds is 3. The number of aromatic nitrogens is 2. The Hall–Kier alpha value is -2.96. The van der Waals surface area contributed by atoms with Gasteiger partial charge >= 0.3 is 0 Å². The van der Waals surface area contributed by atoms with Crippen LogP contribution in [0.1, 0.15) is 12.8 Å². The summed E-state index contributed by atoms with van der Waals surface area (Å²) in [4.78, 5) is 23.0. The molecule has 0 aliphatic carbocycles. The third-order valence-electron chi connectivity index (χ3n) is 3.06. The molecule has 2 N–H and O–H groups in total. The Labute approximate surface area is 120 Å². The highest BCUT2D eigenvalue weighted by molar-refractivity contribution is 6.43. The van der Waals surface area contributed by atoms with Gasteiger partial charge in [-0.15, -0.1) is 0 Å². The Balaban J connectivity index is 1.68. The van der Waals surface area contributed by atoms with Crippen LogP contribution in [0.3, 0.4) is 0 Å². The number of anilines is 1. The number of benzene rings is 1. The fourth-order valence-corrected chi connectivity index (χ4v) is 1.96. The summed E-state index contributed by atoms with van der Waals surface area (Å²) in [5, 5.41) is 10.6. The molecule has 2 aromatic rings. The second-order valence-corrected chi connectivity index (χ2v) is 4.55. The molecule has 0 saturated heterocycles. The van der Waals surface area contributed by atoms with Gasteiger partial charge in [0.1, 0.15) is 5.71 Å². The van der Waals surface area contributed by atoms with E-state index in [0.29, 0.717) is 17.8 Å². The zero-order valence-corrected chi connectivity index (χ0v) is 11.1.